The van der Waals surface area contributed by atoms with E-state index in [4.69, 9.17) is 9.63 Å². The SMILES string of the molecule is Cc1cc(C(=O)O)cc(NCc2noc(C)n2)n1. The van der Waals surface area contributed by atoms with E-state index in [0.717, 1.165) is 0 Å². The van der Waals surface area contributed by atoms with Gasteiger partial charge < -0.3 is 14.9 Å². The van der Waals surface area contributed by atoms with Crippen LogP contribution in [0, 0.1) is 13.8 Å². The van der Waals surface area contributed by atoms with Crippen LogP contribution >= 0.6 is 0 Å². The van der Waals surface area contributed by atoms with Crippen molar-refractivity contribution in [1.29, 1.82) is 0 Å². The van der Waals surface area contributed by atoms with E-state index < -0.39 is 5.97 Å². The Labute approximate surface area is 103 Å². The van der Waals surface area contributed by atoms with Gasteiger partial charge in [-0.1, -0.05) is 5.16 Å². The lowest BCUT2D eigenvalue weighted by atomic mass is 10.2. The van der Waals surface area contributed by atoms with Gasteiger partial charge in [0.2, 0.25) is 5.89 Å². The van der Waals surface area contributed by atoms with Gasteiger partial charge in [-0.3, -0.25) is 0 Å². The van der Waals surface area contributed by atoms with E-state index >= 15 is 0 Å². The minimum absolute atomic E-state index is 0.189. The summed E-state index contributed by atoms with van der Waals surface area (Å²) in [6.07, 6.45) is 0. The fraction of sp³-hybridized carbons (Fsp3) is 0.273. The Morgan fingerprint density at radius 3 is 2.78 bits per heavy atom. The monoisotopic (exact) mass is 248 g/mol. The normalized spacial score (nSPS) is 10.3. The van der Waals surface area contributed by atoms with Crippen molar-refractivity contribution in [2.75, 3.05) is 5.32 Å². The van der Waals surface area contributed by atoms with Crippen LogP contribution in [-0.4, -0.2) is 26.2 Å². The molecule has 94 valence electrons. The molecule has 0 aromatic carbocycles. The van der Waals surface area contributed by atoms with Gasteiger partial charge in [0.15, 0.2) is 5.82 Å². The smallest absolute Gasteiger partial charge is 0.335 e. The highest BCUT2D eigenvalue weighted by molar-refractivity contribution is 5.88. The Morgan fingerprint density at radius 1 is 1.39 bits per heavy atom. The molecule has 0 fully saturated rings. The van der Waals surface area contributed by atoms with E-state index in [-0.39, 0.29) is 5.56 Å². The molecular weight excluding hydrogens is 236 g/mol. The highest BCUT2D eigenvalue weighted by atomic mass is 16.5. The average Bonchev–Trinajstić information content (AvgIpc) is 2.72. The molecule has 0 saturated carbocycles. The molecule has 2 aromatic heterocycles. The molecular formula is C11H12N4O3. The van der Waals surface area contributed by atoms with Gasteiger partial charge in [0.25, 0.3) is 0 Å². The molecule has 0 bridgehead atoms. The van der Waals surface area contributed by atoms with Crippen molar-refractivity contribution in [2.45, 2.75) is 20.4 Å². The molecule has 2 rings (SSSR count). The third-order valence-corrected chi connectivity index (χ3v) is 2.20. The summed E-state index contributed by atoms with van der Waals surface area (Å²) in [5, 5.41) is 15.6. The third-order valence-electron chi connectivity index (χ3n) is 2.20. The Balaban J connectivity index is 2.11. The zero-order chi connectivity index (χ0) is 13.1. The highest BCUT2D eigenvalue weighted by Crippen LogP contribution is 2.11. The van der Waals surface area contributed by atoms with E-state index in [1.165, 1.54) is 12.1 Å². The number of anilines is 1. The molecule has 0 unspecified atom stereocenters. The number of nitrogens with zero attached hydrogens (tertiary/aromatic N) is 3. The number of rotatable bonds is 4. The number of carboxylic acid groups (broad SMARTS) is 1. The summed E-state index contributed by atoms with van der Waals surface area (Å²) in [6, 6.07) is 2.97. The molecule has 2 heterocycles. The molecule has 0 saturated heterocycles. The number of nitrogens with one attached hydrogen (secondary N) is 1. The summed E-state index contributed by atoms with van der Waals surface area (Å²) < 4.78 is 4.82. The largest absolute Gasteiger partial charge is 0.478 e. The topological polar surface area (TPSA) is 101 Å². The highest BCUT2D eigenvalue weighted by Gasteiger charge is 2.07. The number of aromatic nitrogens is 3. The lowest BCUT2D eigenvalue weighted by Crippen LogP contribution is -2.06. The van der Waals surface area contributed by atoms with Gasteiger partial charge in [-0.15, -0.1) is 0 Å². The van der Waals surface area contributed by atoms with E-state index in [1.807, 2.05) is 0 Å². The first-order chi connectivity index (χ1) is 8.54. The van der Waals surface area contributed by atoms with Crippen LogP contribution in [0.2, 0.25) is 0 Å². The predicted molar refractivity (Wildman–Crippen MR) is 62.3 cm³/mol. The second kappa shape index (κ2) is 4.82. The Hall–Kier alpha value is -2.44. The molecule has 7 heteroatoms. The summed E-state index contributed by atoms with van der Waals surface area (Å²) >= 11 is 0. The summed E-state index contributed by atoms with van der Waals surface area (Å²) in [4.78, 5) is 19.1. The first kappa shape index (κ1) is 12.0. The zero-order valence-electron chi connectivity index (χ0n) is 9.97. The Morgan fingerprint density at radius 2 is 2.17 bits per heavy atom. The van der Waals surface area contributed by atoms with Gasteiger partial charge in [0.1, 0.15) is 5.82 Å². The van der Waals surface area contributed by atoms with Crippen LogP contribution in [-0.2, 0) is 6.54 Å². The van der Waals surface area contributed by atoms with Crippen LogP contribution in [0.25, 0.3) is 0 Å². The van der Waals surface area contributed by atoms with Crippen molar-refractivity contribution in [3.63, 3.8) is 0 Å². The fourth-order valence-electron chi connectivity index (χ4n) is 1.47. The van der Waals surface area contributed by atoms with Gasteiger partial charge in [-0.2, -0.15) is 4.98 Å². The quantitative estimate of drug-likeness (QED) is 0.842. The van der Waals surface area contributed by atoms with Crippen LogP contribution < -0.4 is 5.32 Å². The van der Waals surface area contributed by atoms with Gasteiger partial charge in [-0.25, -0.2) is 9.78 Å². The Bertz CT molecular complexity index is 579. The molecule has 0 aliphatic rings. The average molecular weight is 248 g/mol. The number of aromatic carboxylic acids is 1. The molecule has 0 aliphatic carbocycles. The first-order valence-corrected chi connectivity index (χ1v) is 5.29. The van der Waals surface area contributed by atoms with E-state index in [0.29, 0.717) is 29.8 Å². The van der Waals surface area contributed by atoms with Crippen molar-refractivity contribution in [3.8, 4) is 0 Å². The van der Waals surface area contributed by atoms with E-state index in [2.05, 4.69) is 20.4 Å². The number of hydrogen-bond donors (Lipinski definition) is 2. The van der Waals surface area contributed by atoms with E-state index in [9.17, 15) is 4.79 Å². The molecule has 18 heavy (non-hydrogen) atoms. The molecule has 2 aromatic rings. The lowest BCUT2D eigenvalue weighted by molar-refractivity contribution is 0.0696. The number of hydrogen-bond acceptors (Lipinski definition) is 6. The summed E-state index contributed by atoms with van der Waals surface area (Å²) in [5.41, 5.74) is 0.816. The fourth-order valence-corrected chi connectivity index (χ4v) is 1.47. The molecule has 0 atom stereocenters. The summed E-state index contributed by atoms with van der Waals surface area (Å²) in [7, 11) is 0. The maximum atomic E-state index is 10.9. The van der Waals surface area contributed by atoms with Crippen molar-refractivity contribution >= 4 is 11.8 Å². The summed E-state index contributed by atoms with van der Waals surface area (Å²) in [5.74, 6) is 0.455. The second-order valence-corrected chi connectivity index (χ2v) is 3.77. The molecule has 7 nitrogen and oxygen atoms in total. The van der Waals surface area contributed by atoms with Gasteiger partial charge in [0.05, 0.1) is 12.1 Å². The van der Waals surface area contributed by atoms with Gasteiger partial charge in [0, 0.05) is 12.6 Å². The van der Waals surface area contributed by atoms with Crippen molar-refractivity contribution < 1.29 is 14.4 Å². The number of aryl methyl sites for hydroxylation is 2. The maximum absolute atomic E-state index is 10.9. The van der Waals surface area contributed by atoms with Crippen LogP contribution in [0.5, 0.6) is 0 Å². The first-order valence-electron chi connectivity index (χ1n) is 5.29. The van der Waals surface area contributed by atoms with Crippen LogP contribution in [0.15, 0.2) is 16.7 Å². The Kier molecular flexibility index (Phi) is 3.22. The minimum atomic E-state index is -0.987. The van der Waals surface area contributed by atoms with Crippen molar-refractivity contribution in [1.82, 2.24) is 15.1 Å². The van der Waals surface area contributed by atoms with Crippen molar-refractivity contribution in [3.05, 3.63) is 35.1 Å². The lowest BCUT2D eigenvalue weighted by Gasteiger charge is -2.05. The summed E-state index contributed by atoms with van der Waals surface area (Å²) in [6.45, 7) is 3.76. The third kappa shape index (κ3) is 2.82. The van der Waals surface area contributed by atoms with Gasteiger partial charge in [-0.05, 0) is 19.1 Å². The van der Waals surface area contributed by atoms with Crippen LogP contribution in [0.3, 0.4) is 0 Å². The molecule has 0 radical (unpaired) electrons. The number of carboxylic acids is 1. The maximum Gasteiger partial charge on any atom is 0.335 e. The standard InChI is InChI=1S/C11H12N4O3/c1-6-3-8(11(16)17)4-9(13-6)12-5-10-14-7(2)18-15-10/h3-4H,5H2,1-2H3,(H,12,13)(H,16,17). The number of carbonyl (C=O) groups is 1. The number of pyridine rings is 1. The zero-order valence-corrected chi connectivity index (χ0v) is 9.97. The predicted octanol–water partition coefficient (Wildman–Crippen LogP) is 1.39. The molecule has 2 N–H and O–H groups in total. The minimum Gasteiger partial charge on any atom is -0.478 e. The van der Waals surface area contributed by atoms with E-state index in [1.54, 1.807) is 13.8 Å². The van der Waals surface area contributed by atoms with Gasteiger partial charge >= 0.3 is 5.97 Å². The van der Waals surface area contributed by atoms with Crippen LogP contribution in [0.4, 0.5) is 5.82 Å². The molecule has 0 amide bonds. The molecule has 0 spiro atoms. The second-order valence-electron chi connectivity index (χ2n) is 3.77. The van der Waals surface area contributed by atoms with Crippen molar-refractivity contribution in [2.24, 2.45) is 0 Å². The molecule has 0 aliphatic heterocycles. The van der Waals surface area contributed by atoms with Crippen LogP contribution in [0.1, 0.15) is 27.8 Å².